The molecule has 0 aliphatic carbocycles. The number of carbonyl (C=O) groups excluding carboxylic acids is 1. The maximum Gasteiger partial charge on any atom is 0.407 e. The number of benzene rings is 2. The van der Waals surface area contributed by atoms with Crippen LogP contribution in [0.25, 0.3) is 11.1 Å². The first kappa shape index (κ1) is 25.8. The number of carbonyl (C=O) groups is 1. The second-order valence-corrected chi connectivity index (χ2v) is 9.55. The molecule has 1 aromatic heterocycles. The molecule has 0 fully saturated rings. The maximum absolute atomic E-state index is 13.4. The Balaban J connectivity index is 1.85. The van der Waals surface area contributed by atoms with E-state index in [-0.39, 0.29) is 12.1 Å². The molecule has 6 heteroatoms. The van der Waals surface area contributed by atoms with Gasteiger partial charge in [0.2, 0.25) is 0 Å². The lowest BCUT2D eigenvalue weighted by Crippen LogP contribution is -2.35. The molecule has 1 amide bonds. The highest BCUT2D eigenvalue weighted by molar-refractivity contribution is 5.70. The molecule has 35 heavy (non-hydrogen) atoms. The number of ether oxygens (including phenoxy) is 1. The molecule has 0 saturated carbocycles. The molecular formula is C29H33N3O3. The van der Waals surface area contributed by atoms with Crippen LogP contribution < -0.4 is 10.9 Å². The van der Waals surface area contributed by atoms with Crippen molar-refractivity contribution in [1.29, 1.82) is 5.26 Å². The van der Waals surface area contributed by atoms with Crippen molar-refractivity contribution in [3.63, 3.8) is 0 Å². The van der Waals surface area contributed by atoms with E-state index < -0.39 is 11.7 Å². The third-order valence-corrected chi connectivity index (χ3v) is 5.61. The number of nitrogens with zero attached hydrogens (tertiary/aromatic N) is 2. The van der Waals surface area contributed by atoms with Crippen molar-refractivity contribution in [3.8, 4) is 17.2 Å². The van der Waals surface area contributed by atoms with Gasteiger partial charge in [0.1, 0.15) is 5.60 Å². The molecule has 0 radical (unpaired) electrons. The van der Waals surface area contributed by atoms with Crippen LogP contribution in [0.5, 0.6) is 0 Å². The zero-order chi connectivity index (χ0) is 25.4. The molecule has 0 unspecified atom stereocenters. The van der Waals surface area contributed by atoms with Gasteiger partial charge in [0.15, 0.2) is 0 Å². The van der Waals surface area contributed by atoms with Crippen molar-refractivity contribution in [1.82, 2.24) is 9.88 Å². The summed E-state index contributed by atoms with van der Waals surface area (Å²) >= 11 is 0. The van der Waals surface area contributed by atoms with Gasteiger partial charge in [-0.2, -0.15) is 5.26 Å². The number of hydrogen-bond donors (Lipinski definition) is 1. The number of nitriles is 1. The largest absolute Gasteiger partial charge is 0.444 e. The summed E-state index contributed by atoms with van der Waals surface area (Å²) in [5, 5.41) is 12.1. The number of amides is 1. The first-order valence-electron chi connectivity index (χ1n) is 12.0. The van der Waals surface area contributed by atoms with Gasteiger partial charge in [-0.15, -0.1) is 0 Å². The molecule has 0 saturated heterocycles. The van der Waals surface area contributed by atoms with Crippen molar-refractivity contribution in [2.45, 2.75) is 65.6 Å². The number of aromatic nitrogens is 1. The fourth-order valence-corrected chi connectivity index (χ4v) is 3.83. The summed E-state index contributed by atoms with van der Waals surface area (Å²) in [5.74, 6) is 0. The zero-order valence-corrected chi connectivity index (χ0v) is 20.9. The second kappa shape index (κ2) is 11.5. The first-order valence-corrected chi connectivity index (χ1v) is 12.0. The van der Waals surface area contributed by atoms with E-state index in [1.165, 1.54) is 0 Å². The van der Waals surface area contributed by atoms with Crippen molar-refractivity contribution in [3.05, 3.63) is 93.4 Å². The highest BCUT2D eigenvalue weighted by Gasteiger charge is 2.17. The van der Waals surface area contributed by atoms with Gasteiger partial charge in [-0.1, -0.05) is 55.8 Å². The predicted molar refractivity (Wildman–Crippen MR) is 138 cm³/mol. The van der Waals surface area contributed by atoms with Crippen molar-refractivity contribution < 1.29 is 9.53 Å². The lowest BCUT2D eigenvalue weighted by molar-refractivity contribution is 0.0523. The Labute approximate surface area is 207 Å². The van der Waals surface area contributed by atoms with E-state index in [1.807, 2.05) is 48.5 Å². The van der Waals surface area contributed by atoms with E-state index >= 15 is 0 Å². The number of rotatable bonds is 8. The van der Waals surface area contributed by atoms with Gasteiger partial charge in [0.05, 0.1) is 24.7 Å². The van der Waals surface area contributed by atoms with Crippen LogP contribution in [0.2, 0.25) is 0 Å². The van der Waals surface area contributed by atoms with E-state index in [1.54, 1.807) is 37.5 Å². The quantitative estimate of drug-likeness (QED) is 0.450. The molecule has 0 atom stereocenters. The summed E-state index contributed by atoms with van der Waals surface area (Å²) < 4.78 is 7.08. The van der Waals surface area contributed by atoms with Crippen LogP contribution in [0.1, 0.15) is 62.9 Å². The average Bonchev–Trinajstić information content (AvgIpc) is 2.83. The van der Waals surface area contributed by atoms with Crippen molar-refractivity contribution in [2.75, 3.05) is 0 Å². The van der Waals surface area contributed by atoms with Gasteiger partial charge < -0.3 is 14.6 Å². The van der Waals surface area contributed by atoms with E-state index in [9.17, 15) is 14.9 Å². The summed E-state index contributed by atoms with van der Waals surface area (Å²) in [6.45, 7) is 8.05. The Bertz CT molecular complexity index is 1260. The van der Waals surface area contributed by atoms with Gasteiger partial charge in [-0.25, -0.2) is 4.79 Å². The Kier molecular flexibility index (Phi) is 8.48. The Morgan fingerprint density at radius 2 is 1.77 bits per heavy atom. The number of pyridine rings is 1. The summed E-state index contributed by atoms with van der Waals surface area (Å²) in [6.07, 6.45) is 2.27. The third kappa shape index (κ3) is 7.07. The van der Waals surface area contributed by atoms with E-state index in [0.717, 1.165) is 41.6 Å². The van der Waals surface area contributed by atoms with Gasteiger partial charge in [-0.3, -0.25) is 4.79 Å². The molecule has 1 N–H and O–H groups in total. The second-order valence-electron chi connectivity index (χ2n) is 9.55. The molecule has 0 spiro atoms. The summed E-state index contributed by atoms with van der Waals surface area (Å²) in [4.78, 5) is 25.4. The van der Waals surface area contributed by atoms with Crippen molar-refractivity contribution in [2.24, 2.45) is 0 Å². The van der Waals surface area contributed by atoms with E-state index in [0.29, 0.717) is 17.7 Å². The molecule has 1 heterocycles. The normalized spacial score (nSPS) is 11.1. The SMILES string of the molecule is CCCCc1ccc(CNC(=O)OC(C)(C)C)c(=O)n1Cc1ccc(-c2ccccc2C#N)cc1. The highest BCUT2D eigenvalue weighted by Crippen LogP contribution is 2.24. The molecule has 0 aliphatic rings. The Hall–Kier alpha value is -3.85. The van der Waals surface area contributed by atoms with Crippen LogP contribution in [0, 0.1) is 11.3 Å². The van der Waals surface area contributed by atoms with E-state index in [2.05, 4.69) is 18.3 Å². The summed E-state index contributed by atoms with van der Waals surface area (Å²) in [6, 6.07) is 21.5. The number of unbranched alkanes of at least 4 members (excludes halogenated alkanes) is 1. The minimum Gasteiger partial charge on any atom is -0.444 e. The zero-order valence-electron chi connectivity index (χ0n) is 20.9. The van der Waals surface area contributed by atoms with Gasteiger partial charge in [-0.05, 0) is 68.5 Å². The number of hydrogen-bond acceptors (Lipinski definition) is 4. The third-order valence-electron chi connectivity index (χ3n) is 5.61. The molecule has 2 aromatic carbocycles. The minimum absolute atomic E-state index is 0.103. The van der Waals surface area contributed by atoms with Crippen LogP contribution in [-0.4, -0.2) is 16.3 Å². The monoisotopic (exact) mass is 471 g/mol. The standard InChI is InChI=1S/C29H33N3O3/c1-5-6-10-25-17-16-24(19-31-28(34)35-29(2,3)4)27(33)32(25)20-21-12-14-22(15-13-21)26-11-8-7-9-23(26)18-30/h7-9,11-17H,5-6,10,19-20H2,1-4H3,(H,31,34). The van der Waals surface area contributed by atoms with Crippen LogP contribution in [-0.2, 0) is 24.2 Å². The van der Waals surface area contributed by atoms with Crippen LogP contribution >= 0.6 is 0 Å². The summed E-state index contributed by atoms with van der Waals surface area (Å²) in [5.41, 5.74) is 4.22. The van der Waals surface area contributed by atoms with Gasteiger partial charge >= 0.3 is 6.09 Å². The lowest BCUT2D eigenvalue weighted by Gasteiger charge is -2.20. The number of alkyl carbamates (subject to hydrolysis) is 1. The van der Waals surface area contributed by atoms with Crippen LogP contribution in [0.3, 0.4) is 0 Å². The Morgan fingerprint density at radius 3 is 2.43 bits per heavy atom. The van der Waals surface area contributed by atoms with Crippen LogP contribution in [0.15, 0.2) is 65.5 Å². The molecule has 6 nitrogen and oxygen atoms in total. The van der Waals surface area contributed by atoms with E-state index in [4.69, 9.17) is 4.74 Å². The fraction of sp³-hybridized carbons (Fsp3) is 0.345. The smallest absolute Gasteiger partial charge is 0.407 e. The van der Waals surface area contributed by atoms with Crippen LogP contribution in [0.4, 0.5) is 4.79 Å². The predicted octanol–water partition coefficient (Wildman–Crippen LogP) is 5.80. The molecule has 0 aliphatic heterocycles. The molecular weight excluding hydrogens is 438 g/mol. The lowest BCUT2D eigenvalue weighted by atomic mass is 9.99. The fourth-order valence-electron chi connectivity index (χ4n) is 3.83. The van der Waals surface area contributed by atoms with Gasteiger partial charge in [0, 0.05) is 11.3 Å². The maximum atomic E-state index is 13.4. The average molecular weight is 472 g/mol. The topological polar surface area (TPSA) is 84.1 Å². The molecule has 3 rings (SSSR count). The number of aryl methyl sites for hydroxylation is 1. The number of nitrogens with one attached hydrogen (secondary N) is 1. The van der Waals surface area contributed by atoms with Gasteiger partial charge in [0.25, 0.3) is 5.56 Å². The molecule has 182 valence electrons. The highest BCUT2D eigenvalue weighted by atomic mass is 16.6. The summed E-state index contributed by atoms with van der Waals surface area (Å²) in [7, 11) is 0. The Morgan fingerprint density at radius 1 is 1.06 bits per heavy atom. The molecule has 3 aromatic rings. The van der Waals surface area contributed by atoms with Crippen molar-refractivity contribution >= 4 is 6.09 Å². The minimum atomic E-state index is -0.603. The first-order chi connectivity index (χ1) is 16.7. The molecule has 0 bridgehead atoms.